The zero-order valence-corrected chi connectivity index (χ0v) is 33.3. The first-order valence-corrected chi connectivity index (χ1v) is 19.0. The van der Waals surface area contributed by atoms with Gasteiger partial charge in [-0.05, 0) is 17.7 Å². The van der Waals surface area contributed by atoms with E-state index in [0.717, 1.165) is 31.2 Å². The van der Waals surface area contributed by atoms with Crippen LogP contribution in [0.25, 0.3) is 10.4 Å². The molecule has 4 rings (SSSR count). The van der Waals surface area contributed by atoms with Crippen LogP contribution in [0.3, 0.4) is 0 Å². The number of nitrogens with zero attached hydrogens (tertiary/aromatic N) is 4. The summed E-state index contributed by atoms with van der Waals surface area (Å²) in [5.74, 6) is -13.0. The van der Waals surface area contributed by atoms with Gasteiger partial charge >= 0.3 is 11.9 Å². The van der Waals surface area contributed by atoms with Crippen molar-refractivity contribution in [2.24, 2.45) is 5.11 Å². The number of hydrogen-bond donors (Lipinski definition) is 14. The van der Waals surface area contributed by atoms with Crippen LogP contribution in [0, 0.1) is 10.1 Å². The quantitative estimate of drug-likeness (QED) is 0.0190. The molecule has 2 amide bonds. The molecule has 30 nitrogen and oxygen atoms in total. The topological polar surface area (TPSA) is 482 Å². The van der Waals surface area contributed by atoms with Gasteiger partial charge in [-0.3, -0.25) is 19.7 Å². The van der Waals surface area contributed by atoms with E-state index in [4.69, 9.17) is 34.0 Å². The summed E-state index contributed by atoms with van der Waals surface area (Å²) in [6.07, 6.45) is -30.8. The summed E-state index contributed by atoms with van der Waals surface area (Å²) < 4.78 is 33.5. The number of non-ortho nitro benzene ring substituents is 1. The van der Waals surface area contributed by atoms with Crippen LogP contribution in [0.1, 0.15) is 19.8 Å². The Morgan fingerprint density at radius 3 is 1.98 bits per heavy atom. The molecular weight excluding hydrogens is 876 g/mol. The van der Waals surface area contributed by atoms with Crippen molar-refractivity contribution in [3.8, 4) is 5.75 Å². The maximum atomic E-state index is 13.1. The number of carboxylic acids is 2. The molecule has 0 bridgehead atoms. The number of carboxylic acid groups (broad SMARTS) is 2. The van der Waals surface area contributed by atoms with Crippen LogP contribution in [-0.4, -0.2) is 220 Å². The van der Waals surface area contributed by atoms with Crippen molar-refractivity contribution < 1.29 is 114 Å². The zero-order valence-electron chi connectivity index (χ0n) is 33.3. The molecule has 1 aromatic rings. The summed E-state index contributed by atoms with van der Waals surface area (Å²) in [5.41, 5.74) is 8.20. The second kappa shape index (κ2) is 21.8. The van der Waals surface area contributed by atoms with Crippen molar-refractivity contribution >= 4 is 29.4 Å². The van der Waals surface area contributed by atoms with Gasteiger partial charge in [-0.2, -0.15) is 0 Å². The number of carbonyl (C=O) groups excluding carboxylic acids is 2. The molecule has 0 aliphatic carbocycles. The molecule has 1 aromatic carbocycles. The number of aliphatic hydroxyl groups is 10. The van der Waals surface area contributed by atoms with Crippen molar-refractivity contribution in [1.82, 2.24) is 10.6 Å². The van der Waals surface area contributed by atoms with E-state index in [0.29, 0.717) is 0 Å². The second-order valence-corrected chi connectivity index (χ2v) is 14.8. The highest BCUT2D eigenvalue weighted by molar-refractivity contribution is 5.79. The molecule has 30 heteroatoms. The lowest BCUT2D eigenvalue weighted by molar-refractivity contribution is -0.384. The van der Waals surface area contributed by atoms with Gasteiger partial charge < -0.3 is 100 Å². The summed E-state index contributed by atoms with van der Waals surface area (Å²) in [6.45, 7) is -3.61. The number of hydrogen-bond acceptors (Lipinski definition) is 23. The SMILES string of the molecule is CC(=O)N[C@@H]1[C@@H](O)C[C@](O[C@H]2[C@@H](O)[C@@H](CO)O[C@@H](Oc3ccc([N+](=O)[O-])cc3)[C@@H]2O)(C(=O)O)O[C@H]1C(O)C(CO)O[C@]1(C(=O)O)C[C@H](O)[C@@H](NC(=O)CN=[N+]=[N-])[C@H](C(O)C(O)CO)O1. The number of aliphatic hydroxyl groups excluding tert-OH is 10. The first-order chi connectivity index (χ1) is 30.1. The maximum Gasteiger partial charge on any atom is 0.364 e. The van der Waals surface area contributed by atoms with Gasteiger partial charge in [0.15, 0.2) is 0 Å². The number of nitrogens with one attached hydrogen (secondary N) is 2. The summed E-state index contributed by atoms with van der Waals surface area (Å²) >= 11 is 0. The number of aliphatic carboxylic acids is 2. The van der Waals surface area contributed by atoms with Gasteiger partial charge in [0, 0.05) is 36.8 Å². The minimum atomic E-state index is -3.29. The molecule has 3 aliphatic heterocycles. The molecule has 0 spiro atoms. The number of carbonyl (C=O) groups is 4. The molecule has 14 N–H and O–H groups in total. The number of amides is 2. The predicted molar refractivity (Wildman–Crippen MR) is 199 cm³/mol. The Bertz CT molecular complexity index is 1860. The Kier molecular flexibility index (Phi) is 17.6. The van der Waals surface area contributed by atoms with Crippen molar-refractivity contribution in [2.75, 3.05) is 26.4 Å². The van der Waals surface area contributed by atoms with Crippen LogP contribution in [0.2, 0.25) is 0 Å². The van der Waals surface area contributed by atoms with Gasteiger partial charge in [-0.1, -0.05) is 5.11 Å². The highest BCUT2D eigenvalue weighted by atomic mass is 16.8. The molecule has 3 aliphatic rings. The molecule has 3 saturated heterocycles. The highest BCUT2D eigenvalue weighted by Crippen LogP contribution is 2.40. The van der Waals surface area contributed by atoms with Gasteiger partial charge in [-0.15, -0.1) is 0 Å². The van der Waals surface area contributed by atoms with Crippen LogP contribution < -0.4 is 15.4 Å². The molecule has 0 saturated carbocycles. The van der Waals surface area contributed by atoms with E-state index in [1.807, 2.05) is 0 Å². The van der Waals surface area contributed by atoms with Gasteiger partial charge in [0.25, 0.3) is 17.3 Å². The van der Waals surface area contributed by atoms with Gasteiger partial charge in [0.05, 0.1) is 49.0 Å². The Hall–Kier alpha value is -4.99. The number of ether oxygens (including phenoxy) is 6. The van der Waals surface area contributed by atoms with E-state index in [1.54, 1.807) is 0 Å². The fraction of sp³-hybridized carbons (Fsp3) is 0.706. The molecular formula is C34H48N6O24. The molecule has 4 unspecified atom stereocenters. The van der Waals surface area contributed by atoms with E-state index >= 15 is 0 Å². The van der Waals surface area contributed by atoms with Gasteiger partial charge in [-0.25, -0.2) is 9.59 Å². The number of benzene rings is 1. The minimum absolute atomic E-state index is 0.167. The average molecular weight is 925 g/mol. The summed E-state index contributed by atoms with van der Waals surface area (Å²) in [4.78, 5) is 63.5. The largest absolute Gasteiger partial charge is 0.477 e. The standard InChI is InChI=1S/C34H48N6O24/c1-12(44)37-21-15(45)7-34(32(55)56,64-29-24(50)18(10-42)60-30(26(29)52)59-14-4-2-13(3-5-14)40(57)58)63-28(21)25(51)19(11-43)61-33(31(53)54)6-16(46)22(38-20(48)8-36-39-35)27(62-33)23(49)17(47)9-41/h2-5,15-19,21-30,41-43,45-47,49-52H,6-11H2,1H3,(H,37,44)(H,38,48)(H,53,54)(H,55,56)/t15-,16-,17?,18+,19?,21+,22+,23?,24-,25?,26+,27+,28+,29-,30+,33+,34-/m0/s1. The zero-order chi connectivity index (χ0) is 47.8. The molecule has 17 atom stereocenters. The molecule has 0 aromatic heterocycles. The molecule has 3 heterocycles. The average Bonchev–Trinajstić information content (AvgIpc) is 3.25. The first-order valence-electron chi connectivity index (χ1n) is 19.0. The van der Waals surface area contributed by atoms with Crippen LogP contribution in [0.15, 0.2) is 29.4 Å². The number of nitro benzene ring substituents is 1. The van der Waals surface area contributed by atoms with Crippen molar-refractivity contribution in [1.29, 1.82) is 0 Å². The fourth-order valence-electron chi connectivity index (χ4n) is 7.22. The Morgan fingerprint density at radius 1 is 0.906 bits per heavy atom. The highest BCUT2D eigenvalue weighted by Gasteiger charge is 2.62. The lowest BCUT2D eigenvalue weighted by atomic mass is 9.87. The summed E-state index contributed by atoms with van der Waals surface area (Å²) in [7, 11) is 0. The van der Waals surface area contributed by atoms with E-state index in [9.17, 15) is 90.6 Å². The Balaban J connectivity index is 1.71. The summed E-state index contributed by atoms with van der Waals surface area (Å²) in [5, 5.41) is 147. The van der Waals surface area contributed by atoms with Crippen molar-refractivity contribution in [3.05, 3.63) is 44.8 Å². The molecule has 64 heavy (non-hydrogen) atoms. The van der Waals surface area contributed by atoms with Crippen molar-refractivity contribution in [3.63, 3.8) is 0 Å². The number of rotatable bonds is 20. The third-order valence-electron chi connectivity index (χ3n) is 10.4. The monoisotopic (exact) mass is 924 g/mol. The van der Waals surface area contributed by atoms with Crippen LogP contribution in [0.5, 0.6) is 5.75 Å². The minimum Gasteiger partial charge on any atom is -0.477 e. The lowest BCUT2D eigenvalue weighted by Gasteiger charge is -2.51. The second-order valence-electron chi connectivity index (χ2n) is 14.8. The molecule has 3 fully saturated rings. The normalized spacial score (nSPS) is 34.8. The molecule has 358 valence electrons. The van der Waals surface area contributed by atoms with E-state index in [-0.39, 0.29) is 11.4 Å². The Labute approximate surface area is 358 Å². The number of nitro groups is 1. The van der Waals surface area contributed by atoms with Gasteiger partial charge in [0.1, 0.15) is 73.3 Å². The lowest BCUT2D eigenvalue weighted by Crippen LogP contribution is -2.71. The maximum absolute atomic E-state index is 13.1. The van der Waals surface area contributed by atoms with E-state index in [2.05, 4.69) is 20.7 Å². The van der Waals surface area contributed by atoms with E-state index < -0.39 is 171 Å². The van der Waals surface area contributed by atoms with Crippen molar-refractivity contribution in [2.45, 2.75) is 123 Å². The molecule has 0 radical (unpaired) electrons. The number of azide groups is 1. The smallest absolute Gasteiger partial charge is 0.364 e. The summed E-state index contributed by atoms with van der Waals surface area (Å²) in [6, 6.07) is 0.513. The van der Waals surface area contributed by atoms with Gasteiger partial charge in [0.2, 0.25) is 18.1 Å². The Morgan fingerprint density at radius 2 is 1.47 bits per heavy atom. The third kappa shape index (κ3) is 11.4. The first kappa shape index (κ1) is 51.6. The van der Waals surface area contributed by atoms with E-state index in [1.165, 1.54) is 0 Å². The predicted octanol–water partition coefficient (Wildman–Crippen LogP) is -6.59. The van der Waals surface area contributed by atoms with Crippen LogP contribution >= 0.6 is 0 Å². The van der Waals surface area contributed by atoms with Crippen LogP contribution in [0.4, 0.5) is 5.69 Å². The fourth-order valence-corrected chi connectivity index (χ4v) is 7.22. The van der Waals surface area contributed by atoms with Crippen LogP contribution in [-0.2, 0) is 42.9 Å². The third-order valence-corrected chi connectivity index (χ3v) is 10.4.